The van der Waals surface area contributed by atoms with Crippen LogP contribution in [0.1, 0.15) is 6.92 Å². The van der Waals surface area contributed by atoms with Gasteiger partial charge in [0.25, 0.3) is 0 Å². The third-order valence-corrected chi connectivity index (χ3v) is 3.10. The maximum absolute atomic E-state index is 6.17. The summed E-state index contributed by atoms with van der Waals surface area (Å²) in [7, 11) is 0. The Morgan fingerprint density at radius 3 is 2.93 bits per heavy atom. The summed E-state index contributed by atoms with van der Waals surface area (Å²) in [5, 5.41) is 4.15. The molecule has 1 aromatic rings. The quantitative estimate of drug-likeness (QED) is 0.786. The van der Waals surface area contributed by atoms with Gasteiger partial charge in [-0.2, -0.15) is 0 Å². The van der Waals surface area contributed by atoms with E-state index < -0.39 is 0 Å². The largest absolute Gasteiger partial charge is 0.342 e. The molecule has 2 nitrogen and oxygen atoms in total. The summed E-state index contributed by atoms with van der Waals surface area (Å²) in [6.07, 6.45) is 0. The van der Waals surface area contributed by atoms with E-state index in [1.807, 2.05) is 24.3 Å². The molecule has 0 radical (unpaired) electrons. The zero-order valence-corrected chi connectivity index (χ0v) is 9.59. The van der Waals surface area contributed by atoms with E-state index in [1.165, 1.54) is 0 Å². The Labute approximate surface area is 95.5 Å². The fourth-order valence-electron chi connectivity index (χ4n) is 1.83. The van der Waals surface area contributed by atoms with Crippen molar-refractivity contribution in [2.75, 3.05) is 18.0 Å². The third-order valence-electron chi connectivity index (χ3n) is 2.78. The Morgan fingerprint density at radius 2 is 2.20 bits per heavy atom. The Kier molecular flexibility index (Phi) is 2.98. The highest BCUT2D eigenvalue weighted by Gasteiger charge is 2.21. The van der Waals surface area contributed by atoms with Crippen molar-refractivity contribution >= 4 is 17.3 Å². The molecular formula is C12H15ClN2. The molecule has 1 heterocycles. The van der Waals surface area contributed by atoms with Gasteiger partial charge < -0.3 is 10.2 Å². The predicted molar refractivity (Wildman–Crippen MR) is 65.4 cm³/mol. The number of halogens is 1. The number of hydrogen-bond donors (Lipinski definition) is 1. The number of nitrogens with one attached hydrogen (secondary N) is 1. The molecule has 1 saturated heterocycles. The molecule has 1 N–H and O–H groups in total. The van der Waals surface area contributed by atoms with Crippen LogP contribution in [0.4, 0.5) is 5.69 Å². The van der Waals surface area contributed by atoms with Crippen molar-refractivity contribution in [3.8, 4) is 0 Å². The zero-order chi connectivity index (χ0) is 10.8. The first-order valence-corrected chi connectivity index (χ1v) is 5.52. The van der Waals surface area contributed by atoms with E-state index in [0.717, 1.165) is 29.5 Å². The number of hydrogen-bond acceptors (Lipinski definition) is 2. The molecule has 0 unspecified atom stereocenters. The highest BCUT2D eigenvalue weighted by molar-refractivity contribution is 6.33. The average Bonchev–Trinajstić information content (AvgIpc) is 2.23. The van der Waals surface area contributed by atoms with E-state index in [9.17, 15) is 0 Å². The number of piperazine rings is 1. The number of nitrogens with zero attached hydrogens (tertiary/aromatic N) is 1. The minimum absolute atomic E-state index is 0.315. The van der Waals surface area contributed by atoms with Crippen molar-refractivity contribution in [1.29, 1.82) is 0 Å². The average molecular weight is 223 g/mol. The first-order chi connectivity index (χ1) is 7.20. The number of rotatable bonds is 1. The first-order valence-electron chi connectivity index (χ1n) is 5.14. The van der Waals surface area contributed by atoms with E-state index in [-0.39, 0.29) is 0 Å². The van der Waals surface area contributed by atoms with Gasteiger partial charge in [-0.15, -0.1) is 0 Å². The number of para-hydroxylation sites is 1. The fourth-order valence-corrected chi connectivity index (χ4v) is 2.07. The molecule has 80 valence electrons. The van der Waals surface area contributed by atoms with Crippen LogP contribution in [-0.2, 0) is 0 Å². The smallest absolute Gasteiger partial charge is 0.0642 e. The van der Waals surface area contributed by atoms with Gasteiger partial charge in [0.1, 0.15) is 0 Å². The molecule has 0 aliphatic carbocycles. The number of benzene rings is 1. The highest BCUT2D eigenvalue weighted by Crippen LogP contribution is 2.29. The van der Waals surface area contributed by atoms with Gasteiger partial charge in [0.05, 0.1) is 10.7 Å². The van der Waals surface area contributed by atoms with Crippen LogP contribution in [0, 0.1) is 0 Å². The molecule has 0 aromatic heterocycles. The van der Waals surface area contributed by atoms with Gasteiger partial charge in [-0.3, -0.25) is 0 Å². The zero-order valence-electron chi connectivity index (χ0n) is 8.83. The van der Waals surface area contributed by atoms with Crippen LogP contribution >= 0.6 is 11.6 Å². The summed E-state index contributed by atoms with van der Waals surface area (Å²) in [4.78, 5) is 2.18. The van der Waals surface area contributed by atoms with E-state index in [2.05, 4.69) is 23.7 Å². The van der Waals surface area contributed by atoms with Crippen molar-refractivity contribution < 1.29 is 0 Å². The summed E-state index contributed by atoms with van der Waals surface area (Å²) in [6.45, 7) is 8.10. The summed E-state index contributed by atoms with van der Waals surface area (Å²) in [6, 6.07) is 8.21. The van der Waals surface area contributed by atoms with Gasteiger partial charge in [0.2, 0.25) is 0 Å². The maximum atomic E-state index is 6.17. The molecule has 1 fully saturated rings. The van der Waals surface area contributed by atoms with Crippen molar-refractivity contribution in [1.82, 2.24) is 5.32 Å². The minimum Gasteiger partial charge on any atom is -0.342 e. The van der Waals surface area contributed by atoms with Gasteiger partial charge in [0, 0.05) is 24.8 Å². The topological polar surface area (TPSA) is 15.3 Å². The summed E-state index contributed by atoms with van der Waals surface area (Å²) in [5.74, 6) is 0. The molecule has 0 amide bonds. The minimum atomic E-state index is 0.315. The van der Waals surface area contributed by atoms with Crippen molar-refractivity contribution in [2.24, 2.45) is 0 Å². The second-order valence-corrected chi connectivity index (χ2v) is 4.18. The van der Waals surface area contributed by atoms with Crippen LogP contribution in [0.25, 0.3) is 0 Å². The van der Waals surface area contributed by atoms with Crippen molar-refractivity contribution in [2.45, 2.75) is 13.0 Å². The molecule has 3 heteroatoms. The summed E-state index contributed by atoms with van der Waals surface area (Å²) in [5.41, 5.74) is 2.13. The lowest BCUT2D eigenvalue weighted by molar-refractivity contribution is 0.545. The van der Waals surface area contributed by atoms with Crippen molar-refractivity contribution in [3.05, 3.63) is 41.6 Å². The van der Waals surface area contributed by atoms with Crippen molar-refractivity contribution in [3.63, 3.8) is 0 Å². The van der Waals surface area contributed by atoms with Gasteiger partial charge in [0.15, 0.2) is 0 Å². The molecule has 1 aromatic carbocycles. The normalized spacial score (nSPS) is 21.9. The summed E-state index contributed by atoms with van der Waals surface area (Å²) < 4.78 is 0. The molecule has 1 aliphatic heterocycles. The SMILES string of the molecule is C=C1[C@H](C)NCCN1c1ccccc1Cl. The monoisotopic (exact) mass is 222 g/mol. The Hall–Kier alpha value is -0.990. The molecule has 2 rings (SSSR count). The van der Waals surface area contributed by atoms with Gasteiger partial charge in [-0.25, -0.2) is 0 Å². The lowest BCUT2D eigenvalue weighted by Crippen LogP contribution is -2.47. The maximum Gasteiger partial charge on any atom is 0.0642 e. The number of anilines is 1. The first kappa shape index (κ1) is 10.5. The van der Waals surface area contributed by atoms with Gasteiger partial charge in [-0.05, 0) is 19.1 Å². The molecule has 0 spiro atoms. The van der Waals surface area contributed by atoms with Crippen LogP contribution in [-0.4, -0.2) is 19.1 Å². The van der Waals surface area contributed by atoms with Crippen LogP contribution in [0.2, 0.25) is 5.02 Å². The fraction of sp³-hybridized carbons (Fsp3) is 0.333. The van der Waals surface area contributed by atoms with E-state index >= 15 is 0 Å². The van der Waals surface area contributed by atoms with Crippen LogP contribution in [0.5, 0.6) is 0 Å². The van der Waals surface area contributed by atoms with E-state index in [4.69, 9.17) is 11.6 Å². The van der Waals surface area contributed by atoms with Crippen LogP contribution in [0.15, 0.2) is 36.5 Å². The van der Waals surface area contributed by atoms with E-state index in [1.54, 1.807) is 0 Å². The Bertz CT molecular complexity index is 376. The molecule has 0 saturated carbocycles. The molecule has 1 atom stereocenters. The van der Waals surface area contributed by atoms with Crippen LogP contribution in [0.3, 0.4) is 0 Å². The summed E-state index contributed by atoms with van der Waals surface area (Å²) >= 11 is 6.17. The Morgan fingerprint density at radius 1 is 1.47 bits per heavy atom. The predicted octanol–water partition coefficient (Wildman–Crippen LogP) is 2.65. The lowest BCUT2D eigenvalue weighted by Gasteiger charge is -2.36. The highest BCUT2D eigenvalue weighted by atomic mass is 35.5. The van der Waals surface area contributed by atoms with E-state index in [0.29, 0.717) is 6.04 Å². The standard InChI is InChI=1S/C12H15ClN2/c1-9-10(2)15(8-7-14-9)12-6-4-3-5-11(12)13/h3-6,9,14H,2,7-8H2,1H3/t9-/m0/s1. The molecule has 15 heavy (non-hydrogen) atoms. The molecule has 1 aliphatic rings. The van der Waals surface area contributed by atoms with Crippen LogP contribution < -0.4 is 10.2 Å². The second-order valence-electron chi connectivity index (χ2n) is 3.77. The third kappa shape index (κ3) is 2.01. The lowest BCUT2D eigenvalue weighted by atomic mass is 10.1. The molecular weight excluding hydrogens is 208 g/mol. The molecule has 0 bridgehead atoms. The second kappa shape index (κ2) is 4.25. The van der Waals surface area contributed by atoms with Gasteiger partial charge in [-0.1, -0.05) is 30.3 Å². The van der Waals surface area contributed by atoms with Gasteiger partial charge >= 0.3 is 0 Å². The Balaban J connectivity index is 2.30.